The van der Waals surface area contributed by atoms with Crippen molar-refractivity contribution in [2.75, 3.05) is 34.2 Å². The average molecular weight is 419 g/mol. The molecule has 1 unspecified atom stereocenters. The van der Waals surface area contributed by atoms with Gasteiger partial charge in [0.2, 0.25) is 5.91 Å². The van der Waals surface area contributed by atoms with Crippen LogP contribution in [0.15, 0.2) is 0 Å². The number of halogens is 1. The Labute approximate surface area is 166 Å². The molecule has 0 aliphatic carbocycles. The second-order valence-electron chi connectivity index (χ2n) is 6.21. The summed E-state index contributed by atoms with van der Waals surface area (Å²) < 4.78 is 0. The summed E-state index contributed by atoms with van der Waals surface area (Å²) in [5.74, 6) is -3.11. The van der Waals surface area contributed by atoms with Crippen molar-refractivity contribution in [3.63, 3.8) is 0 Å². The van der Waals surface area contributed by atoms with Crippen LogP contribution in [-0.4, -0.2) is 78.7 Å². The predicted octanol–water partition coefficient (Wildman–Crippen LogP) is -1.66. The van der Waals surface area contributed by atoms with Gasteiger partial charge in [0.05, 0.1) is 5.69 Å². The predicted molar refractivity (Wildman–Crippen MR) is 102 cm³/mol. The third-order valence-corrected chi connectivity index (χ3v) is 4.93. The molecule has 27 heavy (non-hydrogen) atoms. The Balaban J connectivity index is 0.00000364. The number of carbonyl (C=O) groups is 4. The average Bonchev–Trinajstić information content (AvgIpc) is 3.00. The smallest absolute Gasteiger partial charge is 0.309 e. The number of hydrogen-bond donors (Lipinski definition) is 3. The number of likely N-dealkylation sites (N-methyl/N-ethyl adjacent to an activating group) is 2. The SMILES string of the molecule is CN1CCc2nc(C(=O)NC(CNC(=O)C(N)=O)C(=O)N(C)C)sc2C1.Cl. The van der Waals surface area contributed by atoms with E-state index in [-0.39, 0.29) is 24.0 Å². The highest BCUT2D eigenvalue weighted by atomic mass is 35.5. The van der Waals surface area contributed by atoms with E-state index in [1.165, 1.54) is 30.3 Å². The molecule has 0 bridgehead atoms. The lowest BCUT2D eigenvalue weighted by atomic mass is 10.2. The van der Waals surface area contributed by atoms with E-state index in [4.69, 9.17) is 5.73 Å². The van der Waals surface area contributed by atoms with Crippen molar-refractivity contribution in [2.45, 2.75) is 19.0 Å². The van der Waals surface area contributed by atoms with Crippen LogP contribution >= 0.6 is 23.7 Å². The maximum absolute atomic E-state index is 12.5. The lowest BCUT2D eigenvalue weighted by Gasteiger charge is -2.21. The maximum Gasteiger partial charge on any atom is 0.309 e. The number of nitrogens with one attached hydrogen (secondary N) is 2. The van der Waals surface area contributed by atoms with Gasteiger partial charge in [-0.3, -0.25) is 19.2 Å². The van der Waals surface area contributed by atoms with Gasteiger partial charge in [0.25, 0.3) is 5.91 Å². The van der Waals surface area contributed by atoms with Crippen molar-refractivity contribution in [3.8, 4) is 0 Å². The molecule has 1 aliphatic rings. The molecular weight excluding hydrogens is 396 g/mol. The van der Waals surface area contributed by atoms with Gasteiger partial charge >= 0.3 is 11.8 Å². The number of hydrogen-bond acceptors (Lipinski definition) is 7. The highest BCUT2D eigenvalue weighted by Gasteiger charge is 2.27. The number of fused-ring (bicyclic) bond motifs is 1. The zero-order valence-corrected chi connectivity index (χ0v) is 16.9. The largest absolute Gasteiger partial charge is 0.361 e. The number of primary amides is 1. The van der Waals surface area contributed by atoms with Crippen LogP contribution in [0.4, 0.5) is 0 Å². The number of amides is 4. The number of nitrogens with two attached hydrogens (primary N) is 1. The van der Waals surface area contributed by atoms with Crippen LogP contribution in [0.5, 0.6) is 0 Å². The van der Waals surface area contributed by atoms with Crippen molar-refractivity contribution < 1.29 is 19.2 Å². The minimum absolute atomic E-state index is 0. The summed E-state index contributed by atoms with van der Waals surface area (Å²) in [7, 11) is 5.04. The van der Waals surface area contributed by atoms with E-state index in [0.717, 1.165) is 30.1 Å². The summed E-state index contributed by atoms with van der Waals surface area (Å²) >= 11 is 1.29. The molecule has 1 aliphatic heterocycles. The van der Waals surface area contributed by atoms with Gasteiger partial charge in [0.1, 0.15) is 6.04 Å². The Hall–Kier alpha value is -2.24. The van der Waals surface area contributed by atoms with Crippen LogP contribution in [-0.2, 0) is 27.3 Å². The fourth-order valence-electron chi connectivity index (χ4n) is 2.43. The Morgan fingerprint density at radius 1 is 1.33 bits per heavy atom. The normalized spacial score (nSPS) is 14.3. The van der Waals surface area contributed by atoms with Crippen molar-refractivity contribution in [2.24, 2.45) is 5.73 Å². The summed E-state index contributed by atoms with van der Waals surface area (Å²) in [6, 6.07) is -1.04. The van der Waals surface area contributed by atoms with E-state index < -0.39 is 29.7 Å². The molecule has 12 heteroatoms. The van der Waals surface area contributed by atoms with Crippen LogP contribution in [0.1, 0.15) is 20.4 Å². The maximum atomic E-state index is 12.5. The van der Waals surface area contributed by atoms with Crippen molar-refractivity contribution in [3.05, 3.63) is 15.6 Å². The first-order valence-electron chi connectivity index (χ1n) is 7.95. The van der Waals surface area contributed by atoms with E-state index in [2.05, 4.69) is 20.5 Å². The molecule has 1 atom stereocenters. The Morgan fingerprint density at radius 3 is 2.59 bits per heavy atom. The third-order valence-electron chi connectivity index (χ3n) is 3.85. The lowest BCUT2D eigenvalue weighted by molar-refractivity contribution is -0.137. The quantitative estimate of drug-likeness (QED) is 0.489. The first-order chi connectivity index (χ1) is 12.2. The van der Waals surface area contributed by atoms with E-state index in [9.17, 15) is 19.2 Å². The molecule has 1 aromatic rings. The Bertz CT molecular complexity index is 738. The van der Waals surface area contributed by atoms with Crippen LogP contribution in [0.25, 0.3) is 0 Å². The number of thiazole rings is 1. The van der Waals surface area contributed by atoms with Gasteiger partial charge in [0.15, 0.2) is 5.01 Å². The number of carbonyl (C=O) groups excluding carboxylic acids is 4. The van der Waals surface area contributed by atoms with Gasteiger partial charge in [-0.05, 0) is 7.05 Å². The Kier molecular flexibility index (Phi) is 8.13. The minimum atomic E-state index is -1.16. The molecule has 4 amide bonds. The fraction of sp³-hybridized carbons (Fsp3) is 0.533. The van der Waals surface area contributed by atoms with Gasteiger partial charge in [-0.25, -0.2) is 4.98 Å². The molecule has 0 aromatic carbocycles. The Morgan fingerprint density at radius 2 is 2.00 bits per heavy atom. The zero-order valence-electron chi connectivity index (χ0n) is 15.3. The highest BCUT2D eigenvalue weighted by molar-refractivity contribution is 7.13. The number of rotatable bonds is 5. The van der Waals surface area contributed by atoms with Crippen LogP contribution < -0.4 is 16.4 Å². The van der Waals surface area contributed by atoms with Gasteiger partial charge in [-0.1, -0.05) is 0 Å². The molecule has 4 N–H and O–H groups in total. The molecule has 0 spiro atoms. The monoisotopic (exact) mass is 418 g/mol. The van der Waals surface area contributed by atoms with Gasteiger partial charge in [-0.2, -0.15) is 0 Å². The second-order valence-corrected chi connectivity index (χ2v) is 7.29. The number of aromatic nitrogens is 1. The fourth-order valence-corrected chi connectivity index (χ4v) is 3.53. The molecular formula is C15H23ClN6O4S. The summed E-state index contributed by atoms with van der Waals surface area (Å²) in [5.41, 5.74) is 5.77. The molecule has 1 aromatic heterocycles. The summed E-state index contributed by atoms with van der Waals surface area (Å²) in [4.78, 5) is 55.7. The van der Waals surface area contributed by atoms with E-state index in [0.29, 0.717) is 0 Å². The van der Waals surface area contributed by atoms with Crippen LogP contribution in [0, 0.1) is 0 Å². The molecule has 2 heterocycles. The first-order valence-corrected chi connectivity index (χ1v) is 8.77. The van der Waals surface area contributed by atoms with E-state index in [1.807, 2.05) is 7.05 Å². The summed E-state index contributed by atoms with van der Waals surface area (Å²) in [6.07, 6.45) is 0.768. The molecule has 2 rings (SSSR count). The van der Waals surface area contributed by atoms with Crippen molar-refractivity contribution in [1.29, 1.82) is 0 Å². The molecule has 0 saturated heterocycles. The third kappa shape index (κ3) is 5.88. The lowest BCUT2D eigenvalue weighted by Crippen LogP contribution is -2.53. The second kappa shape index (κ2) is 9.62. The topological polar surface area (TPSA) is 138 Å². The molecule has 0 radical (unpaired) electrons. The standard InChI is InChI=1S/C15H22N6O4S.ClH/c1-20(2)15(25)9(6-17-12(23)11(16)22)18-13(24)14-19-8-4-5-21(3)7-10(8)26-14;/h9H,4-7H2,1-3H3,(H2,16,22)(H,17,23)(H,18,24);1H. The first kappa shape index (κ1) is 22.8. The number of nitrogens with zero attached hydrogens (tertiary/aromatic N) is 3. The minimum Gasteiger partial charge on any atom is -0.361 e. The van der Waals surface area contributed by atoms with Crippen LogP contribution in [0.3, 0.4) is 0 Å². The van der Waals surface area contributed by atoms with Gasteiger partial charge in [-0.15, -0.1) is 23.7 Å². The molecule has 0 fully saturated rings. The molecule has 10 nitrogen and oxygen atoms in total. The molecule has 150 valence electrons. The van der Waals surface area contributed by atoms with Crippen LogP contribution in [0.2, 0.25) is 0 Å². The van der Waals surface area contributed by atoms with Gasteiger partial charge < -0.3 is 26.2 Å². The van der Waals surface area contributed by atoms with Crippen molar-refractivity contribution in [1.82, 2.24) is 25.4 Å². The molecule has 0 saturated carbocycles. The van der Waals surface area contributed by atoms with Gasteiger partial charge in [0, 0.05) is 45.0 Å². The zero-order chi connectivity index (χ0) is 19.4. The van der Waals surface area contributed by atoms with Crippen molar-refractivity contribution >= 4 is 47.4 Å². The summed E-state index contributed by atoms with van der Waals surface area (Å²) in [6.45, 7) is 1.35. The summed E-state index contributed by atoms with van der Waals surface area (Å²) in [5, 5.41) is 5.06. The van der Waals surface area contributed by atoms with E-state index in [1.54, 1.807) is 0 Å². The van der Waals surface area contributed by atoms with E-state index >= 15 is 0 Å². The highest BCUT2D eigenvalue weighted by Crippen LogP contribution is 2.24.